The molecule has 0 aromatic heterocycles. The smallest absolute Gasteiger partial charge is 0.305 e. The van der Waals surface area contributed by atoms with E-state index < -0.39 is 5.97 Å². The van der Waals surface area contributed by atoms with Crippen LogP contribution in [0, 0.1) is 0 Å². The Hall–Kier alpha value is -2.97. The molecule has 0 radical (unpaired) electrons. The Morgan fingerprint density at radius 1 is 1.21 bits per heavy atom. The van der Waals surface area contributed by atoms with E-state index in [0.29, 0.717) is 31.7 Å². The molecule has 1 fully saturated rings. The molecule has 1 N–H and O–H groups in total. The van der Waals surface area contributed by atoms with Crippen molar-refractivity contribution in [3.05, 3.63) is 69.6 Å². The second-order valence-corrected chi connectivity index (χ2v) is 8.18. The Labute approximate surface area is 176 Å². The number of benzene rings is 2. The molecule has 2 aromatic carbocycles. The predicted octanol–water partition coefficient (Wildman–Crippen LogP) is 3.49. The Bertz CT molecular complexity index is 1090. The number of amides is 1. The van der Waals surface area contributed by atoms with E-state index in [0.717, 1.165) is 17.3 Å². The van der Waals surface area contributed by atoms with Gasteiger partial charge in [0.2, 0.25) is 0 Å². The molecule has 2 aromatic rings. The van der Waals surface area contributed by atoms with Gasteiger partial charge in [-0.25, -0.2) is 0 Å². The number of carboxylic acid groups (broad SMARTS) is 1. The molecule has 29 heavy (non-hydrogen) atoms. The zero-order chi connectivity index (χ0) is 20.5. The van der Waals surface area contributed by atoms with Crippen LogP contribution in [0.5, 0.6) is 5.75 Å². The molecule has 6 nitrogen and oxygen atoms in total. The van der Waals surface area contributed by atoms with Gasteiger partial charge in [-0.05, 0) is 23.8 Å². The lowest BCUT2D eigenvalue weighted by atomic mass is 9.98. The van der Waals surface area contributed by atoms with Gasteiger partial charge in [-0.3, -0.25) is 19.3 Å². The summed E-state index contributed by atoms with van der Waals surface area (Å²) in [5.74, 6) is -0.946. The number of ketones is 1. The number of carboxylic acids is 1. The number of hydrogen-bond donors (Lipinski definition) is 1. The monoisotopic (exact) mass is 425 g/mol. The summed E-state index contributed by atoms with van der Waals surface area (Å²) in [4.78, 5) is 37.8. The first-order valence-corrected chi connectivity index (χ1v) is 10.0. The van der Waals surface area contributed by atoms with Crippen LogP contribution < -0.4 is 4.74 Å². The lowest BCUT2D eigenvalue weighted by molar-refractivity contribution is -0.137. The molecule has 0 atom stereocenters. The molecular weight excluding hydrogens is 410 g/mol. The quantitative estimate of drug-likeness (QED) is 0.593. The van der Waals surface area contributed by atoms with Crippen molar-refractivity contribution in [3.8, 4) is 5.75 Å². The molecule has 0 unspecified atom stereocenters. The molecule has 2 aliphatic rings. The highest BCUT2D eigenvalue weighted by molar-refractivity contribution is 8.26. The van der Waals surface area contributed by atoms with E-state index in [4.69, 9.17) is 22.1 Å². The second kappa shape index (κ2) is 7.81. The van der Waals surface area contributed by atoms with Crippen molar-refractivity contribution in [2.24, 2.45) is 0 Å². The summed E-state index contributed by atoms with van der Waals surface area (Å²) in [5.41, 5.74) is 2.62. The van der Waals surface area contributed by atoms with Gasteiger partial charge in [-0.15, -0.1) is 0 Å². The Morgan fingerprint density at radius 3 is 2.79 bits per heavy atom. The highest BCUT2D eigenvalue weighted by Gasteiger charge is 2.32. The number of ether oxygens (including phenoxy) is 1. The summed E-state index contributed by atoms with van der Waals surface area (Å²) in [5, 5.41) is 8.83. The summed E-state index contributed by atoms with van der Waals surface area (Å²) in [6.45, 7) is 0.326. The number of carbonyl (C=O) groups is 3. The van der Waals surface area contributed by atoms with Gasteiger partial charge >= 0.3 is 5.97 Å². The molecule has 2 aliphatic heterocycles. The van der Waals surface area contributed by atoms with Crippen molar-refractivity contribution in [1.29, 1.82) is 0 Å². The Morgan fingerprint density at radius 2 is 2.00 bits per heavy atom. The Balaban J connectivity index is 1.60. The number of carbonyl (C=O) groups excluding carboxylic acids is 2. The van der Waals surface area contributed by atoms with Crippen LogP contribution in [0.25, 0.3) is 6.08 Å². The van der Waals surface area contributed by atoms with Crippen molar-refractivity contribution < 1.29 is 24.2 Å². The minimum atomic E-state index is -0.989. The summed E-state index contributed by atoms with van der Waals surface area (Å²) < 4.78 is 6.17. The highest BCUT2D eigenvalue weighted by Crippen LogP contribution is 2.34. The van der Waals surface area contributed by atoms with Crippen LogP contribution in [0.4, 0.5) is 0 Å². The zero-order valence-electron chi connectivity index (χ0n) is 15.1. The van der Waals surface area contributed by atoms with Gasteiger partial charge in [-0.1, -0.05) is 54.3 Å². The molecule has 1 amide bonds. The highest BCUT2D eigenvalue weighted by atomic mass is 32.2. The van der Waals surface area contributed by atoms with E-state index in [1.807, 2.05) is 18.2 Å². The fraction of sp³-hybridized carbons (Fsp3) is 0.143. The standard InChI is InChI=1S/C21H15NO5S2/c23-18(24)7-8-22-20(26)17(29-21(22)28)10-12-5-6-15-16(9-12)27-11-13-3-1-2-4-14(13)19(15)25/h1-6,9-10H,7-8,11H2,(H,23,24)/b17-10-. The van der Waals surface area contributed by atoms with Crippen LogP contribution in [0.15, 0.2) is 47.4 Å². The van der Waals surface area contributed by atoms with Gasteiger partial charge in [0, 0.05) is 17.7 Å². The average molecular weight is 425 g/mol. The van der Waals surface area contributed by atoms with Crippen LogP contribution in [-0.2, 0) is 16.2 Å². The van der Waals surface area contributed by atoms with Gasteiger partial charge in [0.25, 0.3) is 5.91 Å². The van der Waals surface area contributed by atoms with Crippen molar-refractivity contribution in [1.82, 2.24) is 4.90 Å². The number of thioether (sulfide) groups is 1. The van der Waals surface area contributed by atoms with Crippen molar-refractivity contribution in [3.63, 3.8) is 0 Å². The maximum Gasteiger partial charge on any atom is 0.305 e. The molecule has 146 valence electrons. The van der Waals surface area contributed by atoms with Crippen molar-refractivity contribution >= 4 is 52.0 Å². The number of thiocarbonyl (C=S) groups is 1. The van der Waals surface area contributed by atoms with Crippen LogP contribution in [0.1, 0.15) is 33.5 Å². The molecule has 0 saturated carbocycles. The number of aliphatic carboxylic acids is 1. The minimum absolute atomic E-state index is 0.0391. The largest absolute Gasteiger partial charge is 0.488 e. The Kier molecular flexibility index (Phi) is 5.21. The van der Waals surface area contributed by atoms with Gasteiger partial charge < -0.3 is 9.84 Å². The third kappa shape index (κ3) is 3.81. The third-order valence-electron chi connectivity index (χ3n) is 4.62. The van der Waals surface area contributed by atoms with Crippen LogP contribution >= 0.6 is 24.0 Å². The van der Waals surface area contributed by atoms with Crippen molar-refractivity contribution in [2.75, 3.05) is 6.54 Å². The molecular formula is C21H15NO5S2. The lowest BCUT2D eigenvalue weighted by Crippen LogP contribution is -2.30. The molecule has 2 heterocycles. The first kappa shape index (κ1) is 19.4. The van der Waals surface area contributed by atoms with E-state index in [2.05, 4.69) is 0 Å². The van der Waals surface area contributed by atoms with Crippen LogP contribution in [-0.4, -0.2) is 38.5 Å². The molecule has 4 rings (SSSR count). The van der Waals surface area contributed by atoms with Gasteiger partial charge in [0.05, 0.1) is 16.9 Å². The normalized spacial score (nSPS) is 17.0. The molecule has 8 heteroatoms. The fourth-order valence-electron chi connectivity index (χ4n) is 3.16. The first-order chi connectivity index (χ1) is 13.9. The zero-order valence-corrected chi connectivity index (χ0v) is 16.7. The van der Waals surface area contributed by atoms with Crippen LogP contribution in [0.3, 0.4) is 0 Å². The van der Waals surface area contributed by atoms with E-state index in [9.17, 15) is 14.4 Å². The summed E-state index contributed by atoms with van der Waals surface area (Å²) in [6.07, 6.45) is 1.50. The average Bonchev–Trinajstić information content (AvgIpc) is 2.88. The molecule has 0 bridgehead atoms. The topological polar surface area (TPSA) is 83.9 Å². The van der Waals surface area contributed by atoms with Gasteiger partial charge in [0.1, 0.15) is 16.7 Å². The molecule has 0 spiro atoms. The fourth-order valence-corrected chi connectivity index (χ4v) is 4.46. The van der Waals surface area contributed by atoms with E-state index in [1.165, 1.54) is 4.90 Å². The third-order valence-corrected chi connectivity index (χ3v) is 5.99. The summed E-state index contributed by atoms with van der Waals surface area (Å²) >= 11 is 6.33. The molecule has 0 aliphatic carbocycles. The SMILES string of the molecule is O=C(O)CCN1C(=O)/C(=C/c2ccc3c(c2)OCc2ccccc2C3=O)SC1=S. The number of nitrogens with zero attached hydrogens (tertiary/aromatic N) is 1. The minimum Gasteiger partial charge on any atom is -0.488 e. The van der Waals surface area contributed by atoms with Crippen LogP contribution in [0.2, 0.25) is 0 Å². The summed E-state index contributed by atoms with van der Waals surface area (Å²) in [7, 11) is 0. The maximum atomic E-state index is 12.8. The van der Waals surface area contributed by atoms with E-state index >= 15 is 0 Å². The summed E-state index contributed by atoms with van der Waals surface area (Å²) in [6, 6.07) is 12.5. The maximum absolute atomic E-state index is 12.8. The number of hydrogen-bond acceptors (Lipinski definition) is 6. The van der Waals surface area contributed by atoms with E-state index in [-0.39, 0.29) is 31.3 Å². The number of fused-ring (bicyclic) bond motifs is 2. The number of rotatable bonds is 4. The van der Waals surface area contributed by atoms with Crippen molar-refractivity contribution in [2.45, 2.75) is 13.0 Å². The second-order valence-electron chi connectivity index (χ2n) is 6.51. The molecule has 1 saturated heterocycles. The van der Waals surface area contributed by atoms with Gasteiger partial charge in [0.15, 0.2) is 5.78 Å². The van der Waals surface area contributed by atoms with Gasteiger partial charge in [-0.2, -0.15) is 0 Å². The van der Waals surface area contributed by atoms with E-state index in [1.54, 1.807) is 30.3 Å². The first-order valence-electron chi connectivity index (χ1n) is 8.80. The predicted molar refractivity (Wildman–Crippen MR) is 113 cm³/mol. The lowest BCUT2D eigenvalue weighted by Gasteiger charge is -2.12.